The highest BCUT2D eigenvalue weighted by molar-refractivity contribution is 7.81. The Kier molecular flexibility index (Phi) is 3.50. The van der Waals surface area contributed by atoms with Crippen LogP contribution in [0, 0.1) is 6.92 Å². The molecule has 0 amide bonds. The predicted molar refractivity (Wildman–Crippen MR) is 78.1 cm³/mol. The minimum Gasteiger partial charge on any atom is -0.163 e. The van der Waals surface area contributed by atoms with E-state index in [1.807, 2.05) is 24.3 Å². The molecule has 2 aromatic rings. The Morgan fingerprint density at radius 3 is 1.76 bits per heavy atom. The molecule has 88 valence electrons. The molecule has 0 saturated heterocycles. The lowest BCUT2D eigenvalue weighted by molar-refractivity contribution is 0.847. The molecule has 2 rings (SSSR count). The monoisotopic (exact) mass is 262 g/mol. The van der Waals surface area contributed by atoms with Gasteiger partial charge >= 0.3 is 0 Å². The molecule has 0 spiro atoms. The van der Waals surface area contributed by atoms with Gasteiger partial charge in [-0.15, -0.1) is 0 Å². The molecule has 2 aromatic carbocycles. The summed E-state index contributed by atoms with van der Waals surface area (Å²) < 4.78 is -0.293. The fraction of sp³-hybridized carbons (Fsp3) is 0.200. The Morgan fingerprint density at radius 1 is 0.882 bits per heavy atom. The highest BCUT2D eigenvalue weighted by Gasteiger charge is 2.23. The molecule has 17 heavy (non-hydrogen) atoms. The van der Waals surface area contributed by atoms with Gasteiger partial charge in [0.2, 0.25) is 0 Å². The fourth-order valence-electron chi connectivity index (χ4n) is 1.82. The van der Waals surface area contributed by atoms with Crippen LogP contribution < -0.4 is 0 Å². The van der Waals surface area contributed by atoms with E-state index in [1.165, 1.54) is 11.1 Å². The minimum absolute atomic E-state index is 0.293. The quantitative estimate of drug-likeness (QED) is 0.736. The summed E-state index contributed by atoms with van der Waals surface area (Å²) in [5.74, 6) is 0. The van der Waals surface area contributed by atoms with E-state index in [1.54, 1.807) is 0 Å². The maximum Gasteiger partial charge on any atom is 0.0598 e. The standard InChI is InChI=1S/C15H15ClS/c1-11-3-5-12(6-4-11)15(2,17)13-7-9-14(16)10-8-13/h3-10,17H,1-2H3. The molecule has 0 aromatic heterocycles. The first-order valence-corrected chi connectivity index (χ1v) is 6.38. The zero-order chi connectivity index (χ0) is 12.5. The molecular weight excluding hydrogens is 248 g/mol. The van der Waals surface area contributed by atoms with Crippen molar-refractivity contribution in [3.05, 3.63) is 70.2 Å². The number of aryl methyl sites for hydroxylation is 1. The van der Waals surface area contributed by atoms with E-state index in [0.29, 0.717) is 0 Å². The van der Waals surface area contributed by atoms with Crippen LogP contribution in [0.15, 0.2) is 48.5 Å². The van der Waals surface area contributed by atoms with Gasteiger partial charge in [-0.3, -0.25) is 0 Å². The molecule has 0 aliphatic heterocycles. The Bertz CT molecular complexity index is 450. The second-order valence-corrected chi connectivity index (χ2v) is 5.78. The minimum atomic E-state index is -0.293. The van der Waals surface area contributed by atoms with Gasteiger partial charge in [0.25, 0.3) is 0 Å². The highest BCUT2D eigenvalue weighted by atomic mass is 35.5. The van der Waals surface area contributed by atoms with E-state index in [-0.39, 0.29) is 4.75 Å². The summed E-state index contributed by atoms with van der Waals surface area (Å²) in [7, 11) is 0. The summed E-state index contributed by atoms with van der Waals surface area (Å²) in [6.45, 7) is 4.19. The molecule has 0 fully saturated rings. The van der Waals surface area contributed by atoms with Crippen LogP contribution in [-0.2, 0) is 4.75 Å². The third kappa shape index (κ3) is 2.67. The molecule has 0 heterocycles. The average Bonchev–Trinajstić information content (AvgIpc) is 2.30. The first-order valence-electron chi connectivity index (χ1n) is 5.56. The summed E-state index contributed by atoms with van der Waals surface area (Å²) in [5.41, 5.74) is 3.59. The summed E-state index contributed by atoms with van der Waals surface area (Å²) >= 11 is 10.7. The van der Waals surface area contributed by atoms with Gasteiger partial charge in [0.05, 0.1) is 4.75 Å². The van der Waals surface area contributed by atoms with Crippen molar-refractivity contribution in [3.8, 4) is 0 Å². The van der Waals surface area contributed by atoms with Crippen LogP contribution >= 0.6 is 24.2 Å². The van der Waals surface area contributed by atoms with Crippen LogP contribution in [0.1, 0.15) is 23.6 Å². The summed E-state index contributed by atoms with van der Waals surface area (Å²) in [4.78, 5) is 0. The van der Waals surface area contributed by atoms with Crippen LogP contribution in [0.2, 0.25) is 5.02 Å². The van der Waals surface area contributed by atoms with E-state index in [2.05, 4.69) is 38.1 Å². The Hall–Kier alpha value is -0.920. The summed E-state index contributed by atoms with van der Waals surface area (Å²) in [6.07, 6.45) is 0. The van der Waals surface area contributed by atoms with Crippen molar-refractivity contribution in [1.82, 2.24) is 0 Å². The van der Waals surface area contributed by atoms with Gasteiger partial charge in [-0.25, -0.2) is 0 Å². The molecule has 1 atom stereocenters. The van der Waals surface area contributed by atoms with E-state index in [0.717, 1.165) is 10.6 Å². The molecule has 0 radical (unpaired) electrons. The molecule has 0 nitrogen and oxygen atoms in total. The smallest absolute Gasteiger partial charge is 0.0598 e. The second kappa shape index (κ2) is 4.75. The normalized spacial score (nSPS) is 14.4. The summed E-state index contributed by atoms with van der Waals surface area (Å²) in [5, 5.41) is 0.752. The van der Waals surface area contributed by atoms with E-state index in [9.17, 15) is 0 Å². The first-order chi connectivity index (χ1) is 8.00. The van der Waals surface area contributed by atoms with Crippen molar-refractivity contribution in [3.63, 3.8) is 0 Å². The van der Waals surface area contributed by atoms with Crippen molar-refractivity contribution < 1.29 is 0 Å². The molecule has 0 bridgehead atoms. The Labute approximate surface area is 113 Å². The van der Waals surface area contributed by atoms with Gasteiger partial charge in [-0.2, -0.15) is 12.6 Å². The van der Waals surface area contributed by atoms with E-state index in [4.69, 9.17) is 24.2 Å². The highest BCUT2D eigenvalue weighted by Crippen LogP contribution is 2.36. The van der Waals surface area contributed by atoms with Crippen LogP contribution in [0.3, 0.4) is 0 Å². The Balaban J connectivity index is 2.41. The zero-order valence-electron chi connectivity index (χ0n) is 9.94. The molecule has 1 unspecified atom stereocenters. The topological polar surface area (TPSA) is 0 Å². The zero-order valence-corrected chi connectivity index (χ0v) is 11.6. The van der Waals surface area contributed by atoms with Crippen LogP contribution in [0.4, 0.5) is 0 Å². The van der Waals surface area contributed by atoms with Crippen molar-refractivity contribution in [2.75, 3.05) is 0 Å². The maximum atomic E-state index is 5.90. The third-order valence-corrected chi connectivity index (χ3v) is 3.79. The molecule has 0 aliphatic carbocycles. The van der Waals surface area contributed by atoms with E-state index < -0.39 is 0 Å². The third-order valence-electron chi connectivity index (χ3n) is 3.02. The molecule has 2 heteroatoms. The lowest BCUT2D eigenvalue weighted by Gasteiger charge is -2.25. The van der Waals surface area contributed by atoms with Gasteiger partial charge in [0, 0.05) is 5.02 Å². The number of benzene rings is 2. The number of hydrogen-bond donors (Lipinski definition) is 1. The maximum absolute atomic E-state index is 5.90. The molecular formula is C15H15ClS. The molecule has 0 N–H and O–H groups in total. The average molecular weight is 263 g/mol. The largest absolute Gasteiger partial charge is 0.163 e. The Morgan fingerprint density at radius 2 is 1.29 bits per heavy atom. The van der Waals surface area contributed by atoms with Crippen LogP contribution in [0.5, 0.6) is 0 Å². The van der Waals surface area contributed by atoms with Crippen LogP contribution in [0.25, 0.3) is 0 Å². The summed E-state index contributed by atoms with van der Waals surface area (Å²) in [6, 6.07) is 16.3. The molecule has 0 aliphatic rings. The van der Waals surface area contributed by atoms with Crippen molar-refractivity contribution >= 4 is 24.2 Å². The van der Waals surface area contributed by atoms with Crippen LogP contribution in [-0.4, -0.2) is 0 Å². The van der Waals surface area contributed by atoms with E-state index >= 15 is 0 Å². The fourth-order valence-corrected chi connectivity index (χ4v) is 2.24. The lowest BCUT2D eigenvalue weighted by Crippen LogP contribution is -2.15. The van der Waals surface area contributed by atoms with Gasteiger partial charge < -0.3 is 0 Å². The van der Waals surface area contributed by atoms with Gasteiger partial charge in [0.1, 0.15) is 0 Å². The second-order valence-electron chi connectivity index (χ2n) is 4.45. The van der Waals surface area contributed by atoms with Crippen molar-refractivity contribution in [2.24, 2.45) is 0 Å². The molecule has 0 saturated carbocycles. The predicted octanol–water partition coefficient (Wildman–Crippen LogP) is 4.84. The SMILES string of the molecule is Cc1ccc(C(C)(S)c2ccc(Cl)cc2)cc1. The lowest BCUT2D eigenvalue weighted by atomic mass is 9.91. The first kappa shape index (κ1) is 12.5. The number of thiol groups is 1. The number of hydrogen-bond acceptors (Lipinski definition) is 1. The van der Waals surface area contributed by atoms with Gasteiger partial charge in [0.15, 0.2) is 0 Å². The van der Waals surface area contributed by atoms with Crippen molar-refractivity contribution in [2.45, 2.75) is 18.6 Å². The number of halogens is 1. The van der Waals surface area contributed by atoms with Gasteiger partial charge in [-0.05, 0) is 37.1 Å². The van der Waals surface area contributed by atoms with Crippen molar-refractivity contribution in [1.29, 1.82) is 0 Å². The van der Waals surface area contributed by atoms with Gasteiger partial charge in [-0.1, -0.05) is 53.6 Å². The number of rotatable bonds is 2.